The zero-order chi connectivity index (χ0) is 30.9. The minimum Gasteiger partial charge on any atom is -0.471 e. The number of benzene rings is 2. The van der Waals surface area contributed by atoms with Gasteiger partial charge in [-0.3, -0.25) is 19.6 Å². The van der Waals surface area contributed by atoms with Crippen LogP contribution in [0.5, 0.6) is 0 Å². The molecule has 0 bridgehead atoms. The molecule has 0 aliphatic rings. The predicted molar refractivity (Wildman–Crippen MR) is 169 cm³/mol. The lowest BCUT2D eigenvalue weighted by atomic mass is 9.79. The van der Waals surface area contributed by atoms with E-state index in [0.717, 1.165) is 33.4 Å². The highest BCUT2D eigenvalue weighted by molar-refractivity contribution is 6.12. The lowest BCUT2D eigenvalue weighted by Crippen LogP contribution is -2.19. The number of rotatable bonds is 14. The Hall–Kier alpha value is -3.64. The average Bonchev–Trinajstić information content (AvgIpc) is 2.85. The summed E-state index contributed by atoms with van der Waals surface area (Å²) in [4.78, 5) is 34.4. The first-order chi connectivity index (χ1) is 19.3. The molecule has 41 heavy (non-hydrogen) atoms. The van der Waals surface area contributed by atoms with Crippen molar-refractivity contribution in [2.45, 2.75) is 81.2 Å². The molecule has 2 rings (SSSR count). The SMILES string of the molecule is C=C(C=NC(c1c(C)cc(C)cc1C)[C@H](CN=C/C(C(C)=O)=C(/C)OCOCC)c1c(C)cc(C)cc1C)C(C)=O. The fourth-order valence-corrected chi connectivity index (χ4v) is 5.40. The Labute approximate surface area is 246 Å². The number of hydrogen-bond donors (Lipinski definition) is 0. The molecule has 2 aromatic rings. The lowest BCUT2D eigenvalue weighted by molar-refractivity contribution is -0.114. The van der Waals surface area contributed by atoms with Gasteiger partial charge in [-0.25, -0.2) is 0 Å². The summed E-state index contributed by atoms with van der Waals surface area (Å²) in [5.41, 5.74) is 9.90. The van der Waals surface area contributed by atoms with E-state index in [0.29, 0.717) is 30.1 Å². The highest BCUT2D eigenvalue weighted by atomic mass is 16.7. The van der Waals surface area contributed by atoms with Crippen LogP contribution >= 0.6 is 0 Å². The van der Waals surface area contributed by atoms with Crippen molar-refractivity contribution >= 4 is 24.0 Å². The van der Waals surface area contributed by atoms with Gasteiger partial charge in [0.05, 0.1) is 11.6 Å². The number of ketones is 2. The zero-order valence-electron chi connectivity index (χ0n) is 26.5. The number of hydrogen-bond acceptors (Lipinski definition) is 6. The van der Waals surface area contributed by atoms with Gasteiger partial charge in [-0.2, -0.15) is 0 Å². The maximum absolute atomic E-state index is 12.5. The van der Waals surface area contributed by atoms with E-state index >= 15 is 0 Å². The van der Waals surface area contributed by atoms with Crippen molar-refractivity contribution in [1.82, 2.24) is 0 Å². The Morgan fingerprint density at radius 1 is 0.829 bits per heavy atom. The lowest BCUT2D eigenvalue weighted by Gasteiger charge is -2.29. The molecule has 0 aliphatic heterocycles. The van der Waals surface area contributed by atoms with Gasteiger partial charge >= 0.3 is 0 Å². The molecule has 0 saturated heterocycles. The predicted octanol–water partition coefficient (Wildman–Crippen LogP) is 7.52. The molecule has 0 radical (unpaired) electrons. The zero-order valence-corrected chi connectivity index (χ0v) is 26.5. The molecule has 0 spiro atoms. The van der Waals surface area contributed by atoms with Crippen molar-refractivity contribution in [3.8, 4) is 0 Å². The van der Waals surface area contributed by atoms with Crippen LogP contribution in [0.15, 0.2) is 57.7 Å². The van der Waals surface area contributed by atoms with E-state index in [4.69, 9.17) is 19.5 Å². The van der Waals surface area contributed by atoms with Crippen molar-refractivity contribution in [2.75, 3.05) is 19.9 Å². The Bertz CT molecular complexity index is 1330. The fourth-order valence-electron chi connectivity index (χ4n) is 5.40. The third-order valence-electron chi connectivity index (χ3n) is 7.21. The van der Waals surface area contributed by atoms with E-state index in [-0.39, 0.29) is 30.3 Å². The number of carbonyl (C=O) groups excluding carboxylic acids is 2. The minimum atomic E-state index is -0.344. The monoisotopic (exact) mass is 558 g/mol. The molecule has 0 fully saturated rings. The summed E-state index contributed by atoms with van der Waals surface area (Å²) >= 11 is 0. The number of ether oxygens (including phenoxy) is 2. The van der Waals surface area contributed by atoms with Gasteiger partial charge in [-0.1, -0.05) is 42.0 Å². The number of carbonyl (C=O) groups is 2. The molecule has 0 saturated carbocycles. The first kappa shape index (κ1) is 33.6. The maximum Gasteiger partial charge on any atom is 0.188 e. The molecule has 0 aliphatic carbocycles. The summed E-state index contributed by atoms with van der Waals surface area (Å²) in [6.07, 6.45) is 3.19. The van der Waals surface area contributed by atoms with Crippen molar-refractivity contribution in [3.05, 3.63) is 92.3 Å². The van der Waals surface area contributed by atoms with Gasteiger partial charge < -0.3 is 9.47 Å². The normalized spacial score (nSPS) is 13.8. The number of aliphatic imine (C=N–C) groups is 2. The third-order valence-corrected chi connectivity index (χ3v) is 7.21. The number of Topliss-reactive ketones (excluding diaryl/α,β-unsaturated/α-hetero) is 2. The Kier molecular flexibility index (Phi) is 12.6. The van der Waals surface area contributed by atoms with E-state index in [1.54, 1.807) is 19.4 Å². The Morgan fingerprint density at radius 2 is 1.34 bits per heavy atom. The van der Waals surface area contributed by atoms with E-state index in [1.165, 1.54) is 25.0 Å². The van der Waals surface area contributed by atoms with Crippen LogP contribution in [0.1, 0.15) is 84.2 Å². The minimum absolute atomic E-state index is 0.0696. The largest absolute Gasteiger partial charge is 0.471 e. The van der Waals surface area contributed by atoms with Gasteiger partial charge in [0.25, 0.3) is 0 Å². The van der Waals surface area contributed by atoms with Crippen LogP contribution in [-0.4, -0.2) is 43.9 Å². The molecule has 2 atom stereocenters. The van der Waals surface area contributed by atoms with E-state index in [2.05, 4.69) is 72.4 Å². The van der Waals surface area contributed by atoms with Gasteiger partial charge in [-0.15, -0.1) is 0 Å². The van der Waals surface area contributed by atoms with Crippen LogP contribution in [0.3, 0.4) is 0 Å². The second kappa shape index (κ2) is 15.4. The summed E-state index contributed by atoms with van der Waals surface area (Å²) < 4.78 is 10.9. The van der Waals surface area contributed by atoms with Crippen LogP contribution in [0.2, 0.25) is 0 Å². The molecule has 6 nitrogen and oxygen atoms in total. The molecule has 0 aromatic heterocycles. The van der Waals surface area contributed by atoms with Crippen molar-refractivity contribution in [1.29, 1.82) is 0 Å². The van der Waals surface area contributed by atoms with Crippen LogP contribution in [0.25, 0.3) is 0 Å². The first-order valence-electron chi connectivity index (χ1n) is 14.1. The Morgan fingerprint density at radius 3 is 1.80 bits per heavy atom. The molecular formula is C35H46N2O4. The molecule has 2 aromatic carbocycles. The highest BCUT2D eigenvalue weighted by Gasteiger charge is 2.29. The van der Waals surface area contributed by atoms with Gasteiger partial charge in [-0.05, 0) is 103 Å². The quantitative estimate of drug-likeness (QED) is 0.0790. The van der Waals surface area contributed by atoms with Gasteiger partial charge in [0.15, 0.2) is 18.4 Å². The van der Waals surface area contributed by atoms with Crippen LogP contribution in [-0.2, 0) is 19.1 Å². The first-order valence-corrected chi connectivity index (χ1v) is 14.1. The Balaban J connectivity index is 2.77. The van der Waals surface area contributed by atoms with Gasteiger partial charge in [0.1, 0.15) is 5.76 Å². The highest BCUT2D eigenvalue weighted by Crippen LogP contribution is 2.41. The van der Waals surface area contributed by atoms with Crippen LogP contribution in [0.4, 0.5) is 0 Å². The summed E-state index contributed by atoms with van der Waals surface area (Å²) in [7, 11) is 0. The van der Waals surface area contributed by atoms with Crippen LogP contribution < -0.4 is 0 Å². The molecular weight excluding hydrogens is 512 g/mol. The second-order valence-corrected chi connectivity index (χ2v) is 10.8. The van der Waals surface area contributed by atoms with Gasteiger partial charge in [0, 0.05) is 37.1 Å². The summed E-state index contributed by atoms with van der Waals surface area (Å²) in [5.74, 6) is 0.0211. The summed E-state index contributed by atoms with van der Waals surface area (Å²) in [6.45, 7) is 24.1. The summed E-state index contributed by atoms with van der Waals surface area (Å²) in [5, 5.41) is 0. The van der Waals surface area contributed by atoms with E-state index in [9.17, 15) is 9.59 Å². The molecule has 0 heterocycles. The van der Waals surface area contributed by atoms with Crippen LogP contribution in [0, 0.1) is 41.5 Å². The van der Waals surface area contributed by atoms with Crippen molar-refractivity contribution < 1.29 is 19.1 Å². The second-order valence-electron chi connectivity index (χ2n) is 10.8. The third kappa shape index (κ3) is 9.19. The molecule has 0 N–H and O–H groups in total. The van der Waals surface area contributed by atoms with Gasteiger partial charge in [0.2, 0.25) is 0 Å². The number of aryl methyl sites for hydroxylation is 6. The van der Waals surface area contributed by atoms with Crippen molar-refractivity contribution in [2.24, 2.45) is 9.98 Å². The topological polar surface area (TPSA) is 77.3 Å². The fraction of sp³-hybridized carbons (Fsp3) is 0.429. The standard InChI is InChI=1S/C35H46N2O4/c1-12-40-20-41-30(11)31(29(10)39)18-36-19-32(33-23(4)13-21(2)14-24(33)5)35(37-17-27(8)28(9)38)34-25(6)15-22(3)16-26(34)7/h13-18,32,35H,8,12,19-20H2,1-7,9-11H3/b31-30+,36-18?,37-17?/t32-,35?/m1/s1. The maximum atomic E-state index is 12.5. The molecule has 220 valence electrons. The molecule has 6 heteroatoms. The van der Waals surface area contributed by atoms with E-state index < -0.39 is 0 Å². The smallest absolute Gasteiger partial charge is 0.188 e. The molecule has 1 unspecified atom stereocenters. The van der Waals surface area contributed by atoms with E-state index in [1.807, 2.05) is 6.92 Å². The average molecular weight is 559 g/mol. The number of nitrogens with zero attached hydrogens (tertiary/aromatic N) is 2. The number of allylic oxidation sites excluding steroid dienone is 3. The van der Waals surface area contributed by atoms with Crippen molar-refractivity contribution in [3.63, 3.8) is 0 Å². The molecule has 0 amide bonds. The summed E-state index contributed by atoms with van der Waals surface area (Å²) in [6, 6.07) is 8.33.